The number of benzene rings is 1. The van der Waals surface area contributed by atoms with Crippen molar-refractivity contribution in [2.75, 3.05) is 0 Å². The molecule has 2 heteroatoms. The number of aryl methyl sites for hydroxylation is 4. The first-order valence-electron chi connectivity index (χ1n) is 5.69. The Kier molecular flexibility index (Phi) is 3.09. The van der Waals surface area contributed by atoms with Gasteiger partial charge in [-0.1, -0.05) is 18.2 Å². The van der Waals surface area contributed by atoms with Gasteiger partial charge in [-0.15, -0.1) is 0 Å². The van der Waals surface area contributed by atoms with Crippen molar-refractivity contribution < 1.29 is 0 Å². The van der Waals surface area contributed by atoms with Crippen LogP contribution in [0.3, 0.4) is 0 Å². The van der Waals surface area contributed by atoms with Crippen LogP contribution in [-0.2, 0) is 19.9 Å². The fourth-order valence-electron chi connectivity index (χ4n) is 2.09. The van der Waals surface area contributed by atoms with Gasteiger partial charge in [0, 0.05) is 13.2 Å². The van der Waals surface area contributed by atoms with E-state index < -0.39 is 0 Å². The SMILES string of the molecule is Cc1cccc(C)c1CCc1cn(C)cn1. The molecule has 0 aliphatic carbocycles. The van der Waals surface area contributed by atoms with Gasteiger partial charge < -0.3 is 4.57 Å². The molecular weight excluding hydrogens is 196 g/mol. The van der Waals surface area contributed by atoms with Gasteiger partial charge in [0.15, 0.2) is 0 Å². The molecule has 0 saturated heterocycles. The molecule has 0 fully saturated rings. The summed E-state index contributed by atoms with van der Waals surface area (Å²) >= 11 is 0. The van der Waals surface area contributed by atoms with Crippen molar-refractivity contribution in [2.45, 2.75) is 26.7 Å². The van der Waals surface area contributed by atoms with Crippen LogP contribution in [0.15, 0.2) is 30.7 Å². The third-order valence-electron chi connectivity index (χ3n) is 3.03. The van der Waals surface area contributed by atoms with Crippen LogP contribution in [0.2, 0.25) is 0 Å². The second-order valence-corrected chi connectivity index (χ2v) is 4.40. The minimum Gasteiger partial charge on any atom is -0.340 e. The van der Waals surface area contributed by atoms with Gasteiger partial charge >= 0.3 is 0 Å². The monoisotopic (exact) mass is 214 g/mol. The number of aromatic nitrogens is 2. The zero-order valence-electron chi connectivity index (χ0n) is 10.2. The topological polar surface area (TPSA) is 17.8 Å². The molecule has 16 heavy (non-hydrogen) atoms. The van der Waals surface area contributed by atoms with E-state index in [1.54, 1.807) is 0 Å². The van der Waals surface area contributed by atoms with Crippen molar-refractivity contribution in [2.24, 2.45) is 7.05 Å². The van der Waals surface area contributed by atoms with Crippen LogP contribution >= 0.6 is 0 Å². The van der Waals surface area contributed by atoms with Crippen molar-refractivity contribution >= 4 is 0 Å². The number of hydrogen-bond donors (Lipinski definition) is 0. The quantitative estimate of drug-likeness (QED) is 0.768. The Morgan fingerprint density at radius 2 is 1.81 bits per heavy atom. The summed E-state index contributed by atoms with van der Waals surface area (Å²) in [7, 11) is 2.01. The molecular formula is C14H18N2. The normalized spacial score (nSPS) is 10.7. The predicted molar refractivity (Wildman–Crippen MR) is 66.5 cm³/mol. The molecule has 0 amide bonds. The molecule has 0 bridgehead atoms. The summed E-state index contributed by atoms with van der Waals surface area (Å²) < 4.78 is 2.00. The van der Waals surface area contributed by atoms with Gasteiger partial charge in [-0.25, -0.2) is 4.98 Å². The molecule has 0 atom stereocenters. The van der Waals surface area contributed by atoms with E-state index in [2.05, 4.69) is 43.2 Å². The van der Waals surface area contributed by atoms with Gasteiger partial charge in [0.25, 0.3) is 0 Å². The summed E-state index contributed by atoms with van der Waals surface area (Å²) in [4.78, 5) is 4.35. The summed E-state index contributed by atoms with van der Waals surface area (Å²) in [6.45, 7) is 4.36. The highest BCUT2D eigenvalue weighted by atomic mass is 15.0. The van der Waals surface area contributed by atoms with Crippen molar-refractivity contribution in [1.82, 2.24) is 9.55 Å². The maximum absolute atomic E-state index is 4.35. The molecule has 2 rings (SSSR count). The smallest absolute Gasteiger partial charge is 0.0946 e. The first-order valence-corrected chi connectivity index (χ1v) is 5.69. The van der Waals surface area contributed by atoms with Crippen LogP contribution < -0.4 is 0 Å². The second-order valence-electron chi connectivity index (χ2n) is 4.40. The maximum Gasteiger partial charge on any atom is 0.0946 e. The Bertz CT molecular complexity index is 463. The lowest BCUT2D eigenvalue weighted by Crippen LogP contribution is -1.97. The molecule has 0 unspecified atom stereocenters. The minimum absolute atomic E-state index is 1.02. The molecule has 0 spiro atoms. The average molecular weight is 214 g/mol. The van der Waals surface area contributed by atoms with Crippen LogP contribution in [0, 0.1) is 13.8 Å². The van der Waals surface area contributed by atoms with Gasteiger partial charge in [0.2, 0.25) is 0 Å². The van der Waals surface area contributed by atoms with E-state index in [1.165, 1.54) is 22.4 Å². The summed E-state index contributed by atoms with van der Waals surface area (Å²) in [6.07, 6.45) is 6.05. The highest BCUT2D eigenvalue weighted by molar-refractivity contribution is 5.33. The van der Waals surface area contributed by atoms with Crippen LogP contribution in [-0.4, -0.2) is 9.55 Å². The molecule has 84 valence electrons. The number of nitrogens with zero attached hydrogens (tertiary/aromatic N) is 2. The lowest BCUT2D eigenvalue weighted by molar-refractivity contribution is 0.896. The van der Waals surface area contributed by atoms with E-state index >= 15 is 0 Å². The van der Waals surface area contributed by atoms with Gasteiger partial charge in [-0.2, -0.15) is 0 Å². The lowest BCUT2D eigenvalue weighted by atomic mass is 9.98. The molecule has 2 aromatic rings. The Labute approximate surface area is 97.0 Å². The van der Waals surface area contributed by atoms with E-state index in [-0.39, 0.29) is 0 Å². The summed E-state index contributed by atoms with van der Waals surface area (Å²) in [6, 6.07) is 6.48. The van der Waals surface area contributed by atoms with E-state index in [9.17, 15) is 0 Å². The Balaban J connectivity index is 2.10. The van der Waals surface area contributed by atoms with Crippen molar-refractivity contribution in [3.63, 3.8) is 0 Å². The van der Waals surface area contributed by atoms with Gasteiger partial charge in [0.1, 0.15) is 0 Å². The standard InChI is InChI=1S/C14H18N2/c1-11-5-4-6-12(2)14(11)8-7-13-9-16(3)10-15-13/h4-6,9-10H,7-8H2,1-3H3. The zero-order valence-corrected chi connectivity index (χ0v) is 10.2. The Hall–Kier alpha value is -1.57. The van der Waals surface area contributed by atoms with Crippen LogP contribution in [0.25, 0.3) is 0 Å². The first-order chi connectivity index (χ1) is 7.66. The highest BCUT2D eigenvalue weighted by Crippen LogP contribution is 2.15. The van der Waals surface area contributed by atoms with Gasteiger partial charge in [0.05, 0.1) is 12.0 Å². The largest absolute Gasteiger partial charge is 0.340 e. The molecule has 1 aromatic heterocycles. The number of rotatable bonds is 3. The van der Waals surface area contributed by atoms with Crippen molar-refractivity contribution in [3.05, 3.63) is 53.1 Å². The van der Waals surface area contributed by atoms with E-state index in [0.717, 1.165) is 12.8 Å². The van der Waals surface area contributed by atoms with E-state index in [0.29, 0.717) is 0 Å². The maximum atomic E-state index is 4.35. The van der Waals surface area contributed by atoms with E-state index in [4.69, 9.17) is 0 Å². The zero-order chi connectivity index (χ0) is 11.5. The van der Waals surface area contributed by atoms with Crippen LogP contribution in [0.4, 0.5) is 0 Å². The Morgan fingerprint density at radius 3 is 2.38 bits per heavy atom. The summed E-state index contributed by atoms with van der Waals surface area (Å²) in [5, 5.41) is 0. The van der Waals surface area contributed by atoms with Crippen molar-refractivity contribution in [3.8, 4) is 0 Å². The third-order valence-corrected chi connectivity index (χ3v) is 3.03. The summed E-state index contributed by atoms with van der Waals surface area (Å²) in [5.41, 5.74) is 5.41. The highest BCUT2D eigenvalue weighted by Gasteiger charge is 2.03. The Morgan fingerprint density at radius 1 is 1.12 bits per heavy atom. The fraction of sp³-hybridized carbons (Fsp3) is 0.357. The fourth-order valence-corrected chi connectivity index (χ4v) is 2.09. The van der Waals surface area contributed by atoms with E-state index in [1.807, 2.05) is 17.9 Å². The average Bonchev–Trinajstić information content (AvgIpc) is 2.63. The van der Waals surface area contributed by atoms with Gasteiger partial charge in [-0.05, 0) is 43.4 Å². The second kappa shape index (κ2) is 4.52. The molecule has 0 radical (unpaired) electrons. The molecule has 0 saturated carbocycles. The molecule has 1 aromatic carbocycles. The first kappa shape index (κ1) is 10.9. The number of imidazole rings is 1. The molecule has 2 nitrogen and oxygen atoms in total. The minimum atomic E-state index is 1.02. The molecule has 0 N–H and O–H groups in total. The third kappa shape index (κ3) is 2.32. The molecule has 0 aliphatic heterocycles. The lowest BCUT2D eigenvalue weighted by Gasteiger charge is -2.08. The van der Waals surface area contributed by atoms with Crippen LogP contribution in [0.1, 0.15) is 22.4 Å². The number of hydrogen-bond acceptors (Lipinski definition) is 1. The van der Waals surface area contributed by atoms with Crippen LogP contribution in [0.5, 0.6) is 0 Å². The van der Waals surface area contributed by atoms with Gasteiger partial charge in [-0.3, -0.25) is 0 Å². The summed E-state index contributed by atoms with van der Waals surface area (Å²) in [5.74, 6) is 0. The molecule has 0 aliphatic rings. The molecule has 1 heterocycles. The predicted octanol–water partition coefficient (Wildman–Crippen LogP) is 2.82. The van der Waals surface area contributed by atoms with Crippen molar-refractivity contribution in [1.29, 1.82) is 0 Å².